The molecule has 164 valence electrons. The summed E-state index contributed by atoms with van der Waals surface area (Å²) in [5.74, 6) is 7.91. The highest BCUT2D eigenvalue weighted by atomic mass is 32.1. The Balaban J connectivity index is 1.87. The maximum Gasteiger partial charge on any atom is 0.511 e. The number of hydrogen-bond acceptors (Lipinski definition) is 4. The van der Waals surface area contributed by atoms with Gasteiger partial charge in [0, 0.05) is 23.9 Å². The van der Waals surface area contributed by atoms with Gasteiger partial charge in [-0.25, -0.2) is 4.79 Å². The molecule has 1 heterocycles. The molecule has 0 saturated heterocycles. The Morgan fingerprint density at radius 2 is 1.80 bits per heavy atom. The number of nitrogens with zero attached hydrogens (tertiary/aromatic N) is 1. The second-order valence-electron chi connectivity index (χ2n) is 9.01. The topological polar surface area (TPSA) is 66.8 Å². The van der Waals surface area contributed by atoms with Crippen LogP contribution in [-0.4, -0.2) is 23.2 Å². The average molecular weight is 432 g/mol. The van der Waals surface area contributed by atoms with E-state index in [0.29, 0.717) is 16.8 Å². The zero-order chi connectivity index (χ0) is 21.7. The van der Waals surface area contributed by atoms with E-state index in [1.54, 1.807) is 11.0 Å². The minimum Gasteiger partial charge on any atom is -0.449 e. The van der Waals surface area contributed by atoms with Gasteiger partial charge in [-0.15, -0.1) is 11.3 Å². The Morgan fingerprint density at radius 3 is 2.40 bits per heavy atom. The minimum absolute atomic E-state index is 0.0137. The van der Waals surface area contributed by atoms with Gasteiger partial charge >= 0.3 is 6.16 Å². The van der Waals surface area contributed by atoms with Gasteiger partial charge in [-0.2, -0.15) is 0 Å². The van der Waals surface area contributed by atoms with E-state index in [-0.39, 0.29) is 23.6 Å². The van der Waals surface area contributed by atoms with Crippen LogP contribution in [-0.2, 0) is 4.79 Å². The number of hydrogen-bond donors (Lipinski definition) is 1. The first-order valence-electron chi connectivity index (χ1n) is 11.2. The average Bonchev–Trinajstić information content (AvgIpc) is 3.09. The third-order valence-corrected chi connectivity index (χ3v) is 7.25. The molecule has 0 atom stereocenters. The van der Waals surface area contributed by atoms with E-state index in [9.17, 15) is 14.7 Å². The van der Waals surface area contributed by atoms with Crippen molar-refractivity contribution >= 4 is 28.4 Å². The van der Waals surface area contributed by atoms with E-state index in [2.05, 4.69) is 18.8 Å². The van der Waals surface area contributed by atoms with Crippen LogP contribution in [0.1, 0.15) is 83.4 Å². The van der Waals surface area contributed by atoms with Crippen molar-refractivity contribution in [3.8, 4) is 17.6 Å². The SMILES string of the molecule is CC(C)N(c1sc(C#CC2CCCCC2)cc1OC(=O)O)C(=O)[C@H]1CC[C@H](C)CC1. The van der Waals surface area contributed by atoms with E-state index in [1.807, 2.05) is 13.8 Å². The number of amides is 1. The Kier molecular flexibility index (Phi) is 7.82. The van der Waals surface area contributed by atoms with E-state index >= 15 is 0 Å². The molecule has 3 rings (SSSR count). The van der Waals surface area contributed by atoms with Crippen molar-refractivity contribution in [3.63, 3.8) is 0 Å². The van der Waals surface area contributed by atoms with Crippen molar-refractivity contribution < 1.29 is 19.4 Å². The molecule has 1 aromatic heterocycles. The molecule has 0 aliphatic heterocycles. The van der Waals surface area contributed by atoms with Gasteiger partial charge in [-0.05, 0) is 58.3 Å². The van der Waals surface area contributed by atoms with Gasteiger partial charge < -0.3 is 9.84 Å². The molecular weight excluding hydrogens is 398 g/mol. The normalized spacial score (nSPS) is 22.3. The first-order chi connectivity index (χ1) is 14.3. The number of carboxylic acid groups (broad SMARTS) is 1. The van der Waals surface area contributed by atoms with Crippen LogP contribution in [0.5, 0.6) is 5.75 Å². The fraction of sp³-hybridized carbons (Fsp3) is 0.667. The molecule has 6 heteroatoms. The lowest BCUT2D eigenvalue weighted by molar-refractivity contribution is -0.123. The summed E-state index contributed by atoms with van der Waals surface area (Å²) in [4.78, 5) is 27.2. The molecule has 0 unspecified atom stereocenters. The molecule has 1 amide bonds. The molecule has 0 radical (unpaired) electrons. The van der Waals surface area contributed by atoms with Gasteiger partial charge in [0.15, 0.2) is 5.75 Å². The zero-order valence-electron chi connectivity index (χ0n) is 18.3. The van der Waals surface area contributed by atoms with Crippen molar-refractivity contribution in [3.05, 3.63) is 10.9 Å². The smallest absolute Gasteiger partial charge is 0.449 e. The number of thiophene rings is 1. The molecule has 5 nitrogen and oxygen atoms in total. The first kappa shape index (κ1) is 22.7. The summed E-state index contributed by atoms with van der Waals surface area (Å²) in [6.45, 7) is 6.15. The van der Waals surface area contributed by atoms with Crippen molar-refractivity contribution in [1.29, 1.82) is 0 Å². The molecular formula is C24H33NO4S. The highest BCUT2D eigenvalue weighted by molar-refractivity contribution is 7.17. The molecule has 1 N–H and O–H groups in total. The van der Waals surface area contributed by atoms with E-state index in [0.717, 1.165) is 43.4 Å². The second kappa shape index (κ2) is 10.3. The lowest BCUT2D eigenvalue weighted by Crippen LogP contribution is -2.42. The van der Waals surface area contributed by atoms with Gasteiger partial charge in [0.25, 0.3) is 0 Å². The van der Waals surface area contributed by atoms with Crippen LogP contribution in [0.15, 0.2) is 6.07 Å². The van der Waals surface area contributed by atoms with E-state index < -0.39 is 6.16 Å². The van der Waals surface area contributed by atoms with Gasteiger partial charge in [0.05, 0.1) is 4.88 Å². The van der Waals surface area contributed by atoms with Crippen molar-refractivity contribution in [1.82, 2.24) is 0 Å². The summed E-state index contributed by atoms with van der Waals surface area (Å²) in [5, 5.41) is 9.77. The van der Waals surface area contributed by atoms with E-state index in [1.165, 1.54) is 30.6 Å². The van der Waals surface area contributed by atoms with Crippen LogP contribution < -0.4 is 9.64 Å². The number of carbonyl (C=O) groups excluding carboxylic acids is 1. The number of rotatable bonds is 4. The summed E-state index contributed by atoms with van der Waals surface area (Å²) in [5.41, 5.74) is 0. The second-order valence-corrected chi connectivity index (χ2v) is 10.0. The summed E-state index contributed by atoms with van der Waals surface area (Å²) in [7, 11) is 0. The first-order valence-corrected chi connectivity index (χ1v) is 12.1. The summed E-state index contributed by atoms with van der Waals surface area (Å²) >= 11 is 1.36. The number of carbonyl (C=O) groups is 2. The Bertz CT molecular complexity index is 805. The third kappa shape index (κ3) is 5.78. The quantitative estimate of drug-likeness (QED) is 0.448. The Morgan fingerprint density at radius 1 is 1.13 bits per heavy atom. The van der Waals surface area contributed by atoms with Crippen LogP contribution in [0.4, 0.5) is 9.80 Å². The highest BCUT2D eigenvalue weighted by Gasteiger charge is 2.33. The molecule has 2 aliphatic rings. The molecule has 0 spiro atoms. The van der Waals surface area contributed by atoms with Crippen LogP contribution in [0, 0.1) is 29.6 Å². The molecule has 0 bridgehead atoms. The van der Waals surface area contributed by atoms with Gasteiger partial charge in [-0.3, -0.25) is 9.69 Å². The lowest BCUT2D eigenvalue weighted by atomic mass is 9.82. The van der Waals surface area contributed by atoms with Crippen LogP contribution in [0.25, 0.3) is 0 Å². The Labute approximate surface area is 183 Å². The van der Waals surface area contributed by atoms with Gasteiger partial charge in [-0.1, -0.05) is 38.0 Å². The third-order valence-electron chi connectivity index (χ3n) is 6.22. The maximum atomic E-state index is 13.4. The predicted molar refractivity (Wildman–Crippen MR) is 120 cm³/mol. The molecule has 1 aromatic rings. The Hall–Kier alpha value is -2.00. The van der Waals surface area contributed by atoms with Crippen LogP contribution in [0.2, 0.25) is 0 Å². The molecule has 0 aromatic carbocycles. The lowest BCUT2D eigenvalue weighted by Gasteiger charge is -2.33. The van der Waals surface area contributed by atoms with Crippen LogP contribution in [0.3, 0.4) is 0 Å². The molecule has 2 aliphatic carbocycles. The molecule has 2 fully saturated rings. The fourth-order valence-electron chi connectivity index (χ4n) is 4.47. The standard InChI is InChI=1S/C24H33NO4S/c1-16(2)25(22(26)19-12-9-17(3)10-13-19)23-21(29-24(27)28)15-20(30-23)14-11-18-7-5-4-6-8-18/h15-19H,4-10,12-13H2,1-3H3,(H,27,28)/t17-,19-. The highest BCUT2D eigenvalue weighted by Crippen LogP contribution is 2.41. The summed E-state index contributed by atoms with van der Waals surface area (Å²) in [6, 6.07) is 1.58. The summed E-state index contributed by atoms with van der Waals surface area (Å²) in [6.07, 6.45) is 8.49. The van der Waals surface area contributed by atoms with Gasteiger partial charge in [0.2, 0.25) is 5.91 Å². The van der Waals surface area contributed by atoms with Crippen molar-refractivity contribution in [2.75, 3.05) is 4.90 Å². The minimum atomic E-state index is -1.37. The predicted octanol–water partition coefficient (Wildman–Crippen LogP) is 6.30. The maximum absolute atomic E-state index is 13.4. The largest absolute Gasteiger partial charge is 0.511 e. The van der Waals surface area contributed by atoms with Crippen molar-refractivity contribution in [2.45, 2.75) is 84.6 Å². The fourth-order valence-corrected chi connectivity index (χ4v) is 5.56. The monoisotopic (exact) mass is 431 g/mol. The number of anilines is 1. The van der Waals surface area contributed by atoms with Gasteiger partial charge in [0.1, 0.15) is 5.00 Å². The van der Waals surface area contributed by atoms with E-state index in [4.69, 9.17) is 4.74 Å². The number of ether oxygens (including phenoxy) is 1. The summed E-state index contributed by atoms with van der Waals surface area (Å²) < 4.78 is 5.07. The van der Waals surface area contributed by atoms with Crippen molar-refractivity contribution in [2.24, 2.45) is 17.8 Å². The molecule has 2 saturated carbocycles. The van der Waals surface area contributed by atoms with Crippen LogP contribution >= 0.6 is 11.3 Å². The zero-order valence-corrected chi connectivity index (χ0v) is 19.1. The molecule has 30 heavy (non-hydrogen) atoms.